The van der Waals surface area contributed by atoms with Crippen LogP contribution in [0.15, 0.2) is 158 Å². The molecule has 0 aromatic heterocycles. The Bertz CT molecular complexity index is 2190. The second-order valence-electron chi connectivity index (χ2n) is 15.0. The molecule has 8 rings (SSSR count). The molecule has 0 aliphatic carbocycles. The number of carbonyl (C=O) groups is 1. The van der Waals surface area contributed by atoms with Gasteiger partial charge in [0.2, 0.25) is 0 Å². The summed E-state index contributed by atoms with van der Waals surface area (Å²) in [4.78, 5) is 17.8. The van der Waals surface area contributed by atoms with Crippen LogP contribution in [0.1, 0.15) is 46.6 Å². The topological polar surface area (TPSA) is 95.5 Å². The van der Waals surface area contributed by atoms with E-state index in [-0.39, 0.29) is 24.8 Å². The van der Waals surface area contributed by atoms with Crippen LogP contribution in [-0.4, -0.2) is 59.8 Å². The van der Waals surface area contributed by atoms with Gasteiger partial charge in [0.1, 0.15) is 11.5 Å². The van der Waals surface area contributed by atoms with Gasteiger partial charge in [-0.15, -0.1) is 0 Å². The van der Waals surface area contributed by atoms with Crippen LogP contribution in [0.5, 0.6) is 11.5 Å². The van der Waals surface area contributed by atoms with Crippen molar-refractivity contribution in [3.05, 3.63) is 186 Å². The fraction of sp³-hybridized carbons (Fsp3) is 0.245. The first-order valence-corrected chi connectivity index (χ1v) is 20.1. The Morgan fingerprint density at radius 1 is 0.638 bits per heavy atom. The summed E-state index contributed by atoms with van der Waals surface area (Å²) in [6.45, 7) is 6.27. The summed E-state index contributed by atoms with van der Waals surface area (Å²) in [5.74, 6) is 1.45. The molecule has 3 N–H and O–H groups in total. The van der Waals surface area contributed by atoms with Crippen molar-refractivity contribution in [2.45, 2.75) is 44.6 Å². The van der Waals surface area contributed by atoms with Crippen molar-refractivity contribution in [1.82, 2.24) is 15.1 Å². The molecular weight excluding hydrogens is 725 g/mol. The molecule has 0 spiro atoms. The van der Waals surface area contributed by atoms with Crippen molar-refractivity contribution < 1.29 is 24.1 Å². The molecule has 2 fully saturated rings. The summed E-state index contributed by atoms with van der Waals surface area (Å²) >= 11 is 0. The van der Waals surface area contributed by atoms with Crippen LogP contribution in [0, 0.1) is 0 Å². The van der Waals surface area contributed by atoms with Gasteiger partial charge in [0.15, 0.2) is 6.29 Å². The Balaban J connectivity index is 0.875. The van der Waals surface area contributed by atoms with E-state index in [1.165, 1.54) is 5.56 Å². The number of hydrogen-bond donors (Lipinski definition) is 3. The van der Waals surface area contributed by atoms with Gasteiger partial charge in [-0.3, -0.25) is 9.80 Å². The molecule has 3 unspecified atom stereocenters. The molecule has 6 aromatic carbocycles. The molecule has 2 aliphatic rings. The smallest absolute Gasteiger partial charge is 0.319 e. The minimum Gasteiger partial charge on any atom is -0.457 e. The Morgan fingerprint density at radius 2 is 1.29 bits per heavy atom. The van der Waals surface area contributed by atoms with Crippen LogP contribution in [0.4, 0.5) is 10.5 Å². The number of aliphatic hydroxyl groups excluding tert-OH is 1. The van der Waals surface area contributed by atoms with Gasteiger partial charge >= 0.3 is 6.03 Å². The maximum absolute atomic E-state index is 12.8. The van der Waals surface area contributed by atoms with Gasteiger partial charge in [0.25, 0.3) is 0 Å². The van der Waals surface area contributed by atoms with Crippen LogP contribution in [0.25, 0.3) is 11.1 Å². The van der Waals surface area contributed by atoms with E-state index in [9.17, 15) is 9.90 Å². The highest BCUT2D eigenvalue weighted by molar-refractivity contribution is 5.89. The van der Waals surface area contributed by atoms with Gasteiger partial charge in [0.05, 0.1) is 18.8 Å². The summed E-state index contributed by atoms with van der Waals surface area (Å²) in [5.41, 5.74) is 8.06. The quantitative estimate of drug-likeness (QED) is 0.108. The number of benzene rings is 6. The SMILES string of the molecule is O=C(NCc1cccc(-c2ccc(C3OC(CN4CCN(Cc5ccccc5)CC4)CC(c4ccc(CO)cc4)O3)cc2)c1)Nc1ccc(Oc2ccccc2)cc1. The highest BCUT2D eigenvalue weighted by atomic mass is 16.7. The van der Waals surface area contributed by atoms with Crippen LogP contribution >= 0.6 is 0 Å². The maximum Gasteiger partial charge on any atom is 0.319 e. The molecule has 2 saturated heterocycles. The number of para-hydroxylation sites is 1. The zero-order valence-electron chi connectivity index (χ0n) is 32.6. The second-order valence-corrected chi connectivity index (χ2v) is 15.0. The monoisotopic (exact) mass is 774 g/mol. The molecule has 0 saturated carbocycles. The normalized spacial score (nSPS) is 18.7. The number of carbonyl (C=O) groups excluding carboxylic acids is 1. The van der Waals surface area contributed by atoms with Gasteiger partial charge in [0, 0.05) is 63.5 Å². The lowest BCUT2D eigenvalue weighted by Gasteiger charge is -2.40. The van der Waals surface area contributed by atoms with Crippen molar-refractivity contribution in [2.24, 2.45) is 0 Å². The number of rotatable bonds is 13. The average Bonchev–Trinajstić information content (AvgIpc) is 3.28. The number of nitrogens with zero attached hydrogens (tertiary/aromatic N) is 2. The fourth-order valence-corrected chi connectivity index (χ4v) is 7.57. The number of ether oxygens (including phenoxy) is 3. The van der Waals surface area contributed by atoms with Gasteiger partial charge in [-0.05, 0) is 75.8 Å². The van der Waals surface area contributed by atoms with Gasteiger partial charge in [-0.2, -0.15) is 0 Å². The van der Waals surface area contributed by atoms with Crippen LogP contribution in [0.3, 0.4) is 0 Å². The predicted molar refractivity (Wildman–Crippen MR) is 227 cm³/mol. The summed E-state index contributed by atoms with van der Waals surface area (Å²) in [6, 6.07) is 51.9. The molecule has 0 bridgehead atoms. The number of aliphatic hydroxyl groups is 1. The molecule has 58 heavy (non-hydrogen) atoms. The molecule has 9 heteroatoms. The third-order valence-corrected chi connectivity index (χ3v) is 10.8. The van der Waals surface area contributed by atoms with Crippen LogP contribution in [-0.2, 0) is 29.2 Å². The summed E-state index contributed by atoms with van der Waals surface area (Å²) in [5, 5.41) is 15.5. The zero-order chi connectivity index (χ0) is 39.5. The first-order valence-electron chi connectivity index (χ1n) is 20.1. The minimum absolute atomic E-state index is 0.00369. The third kappa shape index (κ3) is 10.6. The third-order valence-electron chi connectivity index (χ3n) is 10.8. The van der Waals surface area contributed by atoms with Crippen molar-refractivity contribution in [2.75, 3.05) is 38.0 Å². The van der Waals surface area contributed by atoms with Crippen molar-refractivity contribution in [1.29, 1.82) is 0 Å². The van der Waals surface area contributed by atoms with E-state index in [2.05, 4.69) is 99.3 Å². The highest BCUT2D eigenvalue weighted by Crippen LogP contribution is 2.39. The van der Waals surface area contributed by atoms with Crippen molar-refractivity contribution in [3.63, 3.8) is 0 Å². The number of urea groups is 1. The number of piperazine rings is 1. The Morgan fingerprint density at radius 3 is 2.02 bits per heavy atom. The Hall–Kier alpha value is -5.81. The van der Waals surface area contributed by atoms with E-state index in [1.807, 2.05) is 78.9 Å². The van der Waals surface area contributed by atoms with Gasteiger partial charge < -0.3 is 30.0 Å². The minimum atomic E-state index is -0.517. The molecule has 2 heterocycles. The lowest BCUT2D eigenvalue weighted by molar-refractivity contribution is -0.253. The van der Waals surface area contributed by atoms with E-state index < -0.39 is 6.29 Å². The largest absolute Gasteiger partial charge is 0.457 e. The van der Waals surface area contributed by atoms with E-state index in [0.29, 0.717) is 18.0 Å². The van der Waals surface area contributed by atoms with Gasteiger partial charge in [-0.25, -0.2) is 4.79 Å². The number of hydrogen-bond acceptors (Lipinski definition) is 7. The first-order chi connectivity index (χ1) is 28.5. The van der Waals surface area contributed by atoms with Crippen LogP contribution in [0.2, 0.25) is 0 Å². The molecule has 2 amide bonds. The van der Waals surface area contributed by atoms with Crippen molar-refractivity contribution >= 4 is 11.7 Å². The fourth-order valence-electron chi connectivity index (χ4n) is 7.57. The summed E-state index contributed by atoms with van der Waals surface area (Å²) < 4.78 is 19.2. The van der Waals surface area contributed by atoms with E-state index >= 15 is 0 Å². The number of amides is 2. The summed E-state index contributed by atoms with van der Waals surface area (Å²) in [6.07, 6.45) is 0.101. The second kappa shape index (κ2) is 19.1. The molecule has 9 nitrogen and oxygen atoms in total. The Kier molecular flexibility index (Phi) is 12.8. The first kappa shape index (κ1) is 39.0. The molecule has 2 aliphatic heterocycles. The maximum atomic E-state index is 12.8. The summed E-state index contributed by atoms with van der Waals surface area (Å²) in [7, 11) is 0. The number of nitrogens with one attached hydrogen (secondary N) is 2. The molecule has 6 aromatic rings. The lowest BCUT2D eigenvalue weighted by Crippen LogP contribution is -2.49. The zero-order valence-corrected chi connectivity index (χ0v) is 32.6. The highest BCUT2D eigenvalue weighted by Gasteiger charge is 2.34. The average molecular weight is 775 g/mol. The standard InChI is InChI=1S/C49H50N4O5/c54-35-37-14-16-40(17-15-37)47-31-46(34-53-28-26-52(27-29-53)33-36-8-3-1-4-9-36)57-48(58-47)41-20-18-39(19-21-41)42-11-7-10-38(30-42)32-50-49(55)51-43-22-24-45(25-23-43)56-44-12-5-2-6-13-44/h1-25,30,46-48,54H,26-29,31-35H2,(H2,50,51,55). The van der Waals surface area contributed by atoms with Crippen molar-refractivity contribution in [3.8, 4) is 22.6 Å². The van der Waals surface area contributed by atoms with E-state index in [0.717, 1.165) is 84.8 Å². The lowest BCUT2D eigenvalue weighted by atomic mass is 9.98. The molecule has 296 valence electrons. The number of anilines is 1. The van der Waals surface area contributed by atoms with E-state index in [4.69, 9.17) is 14.2 Å². The van der Waals surface area contributed by atoms with Crippen LogP contribution < -0.4 is 15.4 Å². The van der Waals surface area contributed by atoms with Gasteiger partial charge in [-0.1, -0.05) is 115 Å². The molecular formula is C49H50N4O5. The molecule has 0 radical (unpaired) electrons. The Labute approximate surface area is 340 Å². The predicted octanol–water partition coefficient (Wildman–Crippen LogP) is 9.32. The molecule has 3 atom stereocenters. The van der Waals surface area contributed by atoms with E-state index in [1.54, 1.807) is 0 Å².